The first-order chi connectivity index (χ1) is 12.7. The molecule has 2 aromatic carbocycles. The average molecular weight is 372 g/mol. The lowest BCUT2D eigenvalue weighted by Crippen LogP contribution is -2.01. The van der Waals surface area contributed by atoms with E-state index in [1.165, 1.54) is 30.6 Å². The second kappa shape index (κ2) is 8.60. The van der Waals surface area contributed by atoms with Crippen LogP contribution >= 0.6 is 0 Å². The molecule has 0 heterocycles. The number of allylic oxidation sites excluding steroid dienone is 2. The summed E-state index contributed by atoms with van der Waals surface area (Å²) in [7, 11) is 0. The van der Waals surface area contributed by atoms with Crippen LogP contribution < -0.4 is 0 Å². The van der Waals surface area contributed by atoms with Gasteiger partial charge in [0.1, 0.15) is 17.5 Å². The summed E-state index contributed by atoms with van der Waals surface area (Å²) in [6.07, 6.45) is 6.90. The zero-order valence-electron chi connectivity index (χ0n) is 16.5. The summed E-state index contributed by atoms with van der Waals surface area (Å²) in [4.78, 5) is 0. The van der Waals surface area contributed by atoms with E-state index < -0.39 is 11.6 Å². The molecule has 0 atom stereocenters. The van der Waals surface area contributed by atoms with Crippen molar-refractivity contribution >= 4 is 11.6 Å². The van der Waals surface area contributed by atoms with E-state index in [9.17, 15) is 13.2 Å². The minimum Gasteiger partial charge on any atom is -0.207 e. The number of aryl methyl sites for hydroxylation is 2. The Morgan fingerprint density at radius 2 is 1.74 bits per heavy atom. The molecule has 0 radical (unpaired) electrons. The van der Waals surface area contributed by atoms with Crippen LogP contribution in [0.5, 0.6) is 0 Å². The summed E-state index contributed by atoms with van der Waals surface area (Å²) < 4.78 is 39.2. The lowest BCUT2D eigenvalue weighted by Gasteiger charge is -2.16. The molecule has 0 nitrogen and oxygen atoms in total. The van der Waals surface area contributed by atoms with E-state index in [2.05, 4.69) is 26.5 Å². The number of hydrogen-bond acceptors (Lipinski definition) is 0. The Hall–Kier alpha value is -2.29. The van der Waals surface area contributed by atoms with Crippen LogP contribution in [0.15, 0.2) is 43.0 Å². The molecular weight excluding hydrogens is 345 g/mol. The quantitative estimate of drug-likeness (QED) is 0.517. The van der Waals surface area contributed by atoms with Crippen molar-refractivity contribution in [3.05, 3.63) is 82.7 Å². The molecule has 1 aliphatic carbocycles. The molecule has 0 spiro atoms. The molecule has 27 heavy (non-hydrogen) atoms. The maximum atomic E-state index is 13.9. The Kier molecular flexibility index (Phi) is 6.69. The fourth-order valence-electron chi connectivity index (χ4n) is 3.15. The van der Waals surface area contributed by atoms with Gasteiger partial charge < -0.3 is 0 Å². The zero-order valence-corrected chi connectivity index (χ0v) is 16.5. The van der Waals surface area contributed by atoms with Crippen molar-refractivity contribution in [3.8, 4) is 0 Å². The number of benzene rings is 2. The Morgan fingerprint density at radius 3 is 2.22 bits per heavy atom. The van der Waals surface area contributed by atoms with Crippen molar-refractivity contribution in [2.45, 2.75) is 47.0 Å². The summed E-state index contributed by atoms with van der Waals surface area (Å²) in [5, 5.41) is 0. The summed E-state index contributed by atoms with van der Waals surface area (Å²) in [6, 6.07) is 7.68. The summed E-state index contributed by atoms with van der Waals surface area (Å²) in [5.41, 5.74) is 4.15. The molecule has 3 rings (SSSR count). The normalized spacial score (nSPS) is 15.0. The number of hydrogen-bond donors (Lipinski definition) is 0. The highest BCUT2D eigenvalue weighted by molar-refractivity contribution is 5.72. The fourth-order valence-corrected chi connectivity index (χ4v) is 3.15. The van der Waals surface area contributed by atoms with Gasteiger partial charge in [-0.2, -0.15) is 0 Å². The summed E-state index contributed by atoms with van der Waals surface area (Å²) in [6.45, 7) is 11.3. The first-order valence-corrected chi connectivity index (χ1v) is 9.27. The molecule has 2 aromatic rings. The lowest BCUT2D eigenvalue weighted by molar-refractivity contribution is 0.579. The van der Waals surface area contributed by atoms with Crippen molar-refractivity contribution < 1.29 is 13.2 Å². The maximum Gasteiger partial charge on any atom is 0.133 e. The van der Waals surface area contributed by atoms with E-state index in [0.29, 0.717) is 11.1 Å². The van der Waals surface area contributed by atoms with E-state index in [4.69, 9.17) is 0 Å². The minimum atomic E-state index is -0.558. The Balaban J connectivity index is 0.000000208. The van der Waals surface area contributed by atoms with E-state index in [1.807, 2.05) is 19.1 Å². The van der Waals surface area contributed by atoms with Crippen LogP contribution in [-0.2, 0) is 0 Å². The second-order valence-corrected chi connectivity index (χ2v) is 7.39. The van der Waals surface area contributed by atoms with Gasteiger partial charge in [-0.15, -0.1) is 0 Å². The molecule has 1 fully saturated rings. The molecule has 0 bridgehead atoms. The van der Waals surface area contributed by atoms with Gasteiger partial charge in [0, 0.05) is 17.2 Å². The van der Waals surface area contributed by atoms with Crippen molar-refractivity contribution in [2.24, 2.45) is 5.41 Å². The molecule has 0 aliphatic heterocycles. The molecule has 0 N–H and O–H groups in total. The van der Waals surface area contributed by atoms with Crippen LogP contribution in [0.1, 0.15) is 55.4 Å². The Morgan fingerprint density at radius 1 is 1.07 bits per heavy atom. The van der Waals surface area contributed by atoms with E-state index in [0.717, 1.165) is 23.6 Å². The van der Waals surface area contributed by atoms with Crippen molar-refractivity contribution in [1.82, 2.24) is 0 Å². The average Bonchev–Trinajstić information content (AvgIpc) is 3.32. The monoisotopic (exact) mass is 372 g/mol. The van der Waals surface area contributed by atoms with Crippen molar-refractivity contribution in [3.63, 3.8) is 0 Å². The standard InChI is InChI=1S/C15H19F.C9H8F2/c1-4-5-13(15(3)8-9-15)12-7-6-11(2)10-14(12)16;1-3-8-6(2)4-7(10)5-9(8)11/h5-7,10H,4,8-9H2,1-3H3;3-5H,1H2,2H3. The fraction of sp³-hybridized carbons (Fsp3) is 0.333. The van der Waals surface area contributed by atoms with Gasteiger partial charge in [0.25, 0.3) is 0 Å². The number of rotatable bonds is 4. The largest absolute Gasteiger partial charge is 0.207 e. The minimum absolute atomic E-state index is 0.0761. The van der Waals surface area contributed by atoms with Gasteiger partial charge in [-0.05, 0) is 67.4 Å². The Labute approximate surface area is 160 Å². The van der Waals surface area contributed by atoms with Crippen LogP contribution in [0.3, 0.4) is 0 Å². The van der Waals surface area contributed by atoms with Crippen molar-refractivity contribution in [1.29, 1.82) is 0 Å². The predicted molar refractivity (Wildman–Crippen MR) is 108 cm³/mol. The molecule has 0 unspecified atom stereocenters. The maximum absolute atomic E-state index is 13.9. The van der Waals surface area contributed by atoms with Crippen LogP contribution in [0.4, 0.5) is 13.2 Å². The Bertz CT molecular complexity index is 835. The third-order valence-corrected chi connectivity index (χ3v) is 4.98. The molecule has 0 aromatic heterocycles. The molecule has 144 valence electrons. The van der Waals surface area contributed by atoms with Gasteiger partial charge in [0.2, 0.25) is 0 Å². The third-order valence-electron chi connectivity index (χ3n) is 4.98. The first kappa shape index (κ1) is 21.0. The van der Waals surface area contributed by atoms with Gasteiger partial charge in [0.15, 0.2) is 0 Å². The molecule has 3 heteroatoms. The first-order valence-electron chi connectivity index (χ1n) is 9.27. The van der Waals surface area contributed by atoms with Crippen LogP contribution in [0.2, 0.25) is 0 Å². The third kappa shape index (κ3) is 5.12. The highest BCUT2D eigenvalue weighted by Crippen LogP contribution is 2.55. The topological polar surface area (TPSA) is 0 Å². The highest BCUT2D eigenvalue weighted by Gasteiger charge is 2.41. The van der Waals surface area contributed by atoms with Gasteiger partial charge in [0.05, 0.1) is 0 Å². The smallest absolute Gasteiger partial charge is 0.133 e. The van der Waals surface area contributed by atoms with Gasteiger partial charge in [-0.25, -0.2) is 13.2 Å². The van der Waals surface area contributed by atoms with Crippen LogP contribution in [0.25, 0.3) is 11.6 Å². The van der Waals surface area contributed by atoms with Crippen molar-refractivity contribution in [2.75, 3.05) is 0 Å². The molecule has 1 saturated carbocycles. The van der Waals surface area contributed by atoms with Gasteiger partial charge >= 0.3 is 0 Å². The van der Waals surface area contributed by atoms with E-state index in [1.54, 1.807) is 13.0 Å². The zero-order chi connectivity index (χ0) is 20.2. The van der Waals surface area contributed by atoms with Gasteiger partial charge in [-0.1, -0.05) is 44.7 Å². The SMILES string of the molecule is C=Cc1c(C)cc(F)cc1F.CCC=C(c1ccc(C)cc1F)C1(C)CC1. The molecule has 0 amide bonds. The molecule has 1 aliphatic rings. The van der Waals surface area contributed by atoms with E-state index >= 15 is 0 Å². The number of halogens is 3. The van der Waals surface area contributed by atoms with Crippen LogP contribution in [0, 0.1) is 36.7 Å². The predicted octanol–water partition coefficient (Wildman–Crippen LogP) is 7.64. The van der Waals surface area contributed by atoms with E-state index in [-0.39, 0.29) is 11.2 Å². The summed E-state index contributed by atoms with van der Waals surface area (Å²) in [5.74, 6) is -1.18. The molecule has 0 saturated heterocycles. The van der Waals surface area contributed by atoms with Gasteiger partial charge in [-0.3, -0.25) is 0 Å². The second-order valence-electron chi connectivity index (χ2n) is 7.39. The molecular formula is C24H27F3. The summed E-state index contributed by atoms with van der Waals surface area (Å²) >= 11 is 0. The van der Waals surface area contributed by atoms with Crippen LogP contribution in [-0.4, -0.2) is 0 Å². The highest BCUT2D eigenvalue weighted by atomic mass is 19.1. The lowest BCUT2D eigenvalue weighted by atomic mass is 9.89.